The number of carbonyl (C=O) groups excluding carboxylic acids is 2. The van der Waals surface area contributed by atoms with Gasteiger partial charge >= 0.3 is 7.12 Å². The zero-order valence-electron chi connectivity index (χ0n) is 18.6. The Hall–Kier alpha value is -1.81. The third-order valence-electron chi connectivity index (χ3n) is 4.98. The lowest BCUT2D eigenvalue weighted by Crippen LogP contribution is -2.50. The monoisotopic (exact) mass is 485 g/mol. The maximum atomic E-state index is 12.8. The highest BCUT2D eigenvalue weighted by molar-refractivity contribution is 6.43. The molecule has 0 saturated heterocycles. The van der Waals surface area contributed by atoms with E-state index in [-0.39, 0.29) is 28.8 Å². The molecule has 0 saturated carbocycles. The van der Waals surface area contributed by atoms with Crippen LogP contribution in [0.3, 0.4) is 0 Å². The molecule has 11 heteroatoms. The molecule has 0 aliphatic carbocycles. The van der Waals surface area contributed by atoms with Crippen LogP contribution in [-0.2, 0) is 9.63 Å². The van der Waals surface area contributed by atoms with Crippen molar-refractivity contribution in [1.29, 1.82) is 0 Å². The topological polar surface area (TPSA) is 120 Å². The van der Waals surface area contributed by atoms with Crippen molar-refractivity contribution in [3.8, 4) is 0 Å². The molecule has 0 aromatic heterocycles. The quantitative estimate of drug-likeness (QED) is 0.380. The number of nitrogens with zero attached hydrogens (tertiary/aromatic N) is 1. The van der Waals surface area contributed by atoms with Crippen molar-refractivity contribution < 1.29 is 24.5 Å². The average molecular weight is 486 g/mol. The molecule has 1 aliphatic heterocycles. The van der Waals surface area contributed by atoms with E-state index >= 15 is 0 Å². The van der Waals surface area contributed by atoms with Crippen LogP contribution in [0, 0.1) is 11.8 Å². The number of amides is 2. The SMILES string of the molecule is CC(C)C[C@H](NC(=O)C1CC([C@H](CC(C)C)NC(=O)c2cc(Cl)ccc2Cl)=NO1)B(O)O. The Morgan fingerprint density at radius 1 is 1.16 bits per heavy atom. The maximum absolute atomic E-state index is 12.8. The third-order valence-corrected chi connectivity index (χ3v) is 5.55. The Morgan fingerprint density at radius 3 is 2.41 bits per heavy atom. The van der Waals surface area contributed by atoms with E-state index in [1.165, 1.54) is 6.07 Å². The number of nitrogens with one attached hydrogen (secondary N) is 2. The third kappa shape index (κ3) is 7.65. The normalized spacial score (nSPS) is 17.6. The molecule has 2 amide bonds. The summed E-state index contributed by atoms with van der Waals surface area (Å²) in [5, 5.41) is 29.3. The number of hydrogen-bond acceptors (Lipinski definition) is 6. The van der Waals surface area contributed by atoms with Gasteiger partial charge in [-0.05, 0) is 42.9 Å². The van der Waals surface area contributed by atoms with Gasteiger partial charge in [-0.2, -0.15) is 0 Å². The molecule has 8 nitrogen and oxygen atoms in total. The summed E-state index contributed by atoms with van der Waals surface area (Å²) < 4.78 is 0. The first-order chi connectivity index (χ1) is 15.0. The zero-order valence-corrected chi connectivity index (χ0v) is 20.2. The van der Waals surface area contributed by atoms with Crippen LogP contribution in [0.1, 0.15) is 57.3 Å². The molecule has 0 fully saturated rings. The fourth-order valence-electron chi connectivity index (χ4n) is 3.44. The van der Waals surface area contributed by atoms with Gasteiger partial charge < -0.3 is 25.5 Å². The minimum Gasteiger partial charge on any atom is -0.426 e. The zero-order chi connectivity index (χ0) is 24.0. The van der Waals surface area contributed by atoms with Gasteiger partial charge in [0.25, 0.3) is 11.8 Å². The Balaban J connectivity index is 2.07. The van der Waals surface area contributed by atoms with Gasteiger partial charge in [0, 0.05) is 11.4 Å². The fraction of sp³-hybridized carbons (Fsp3) is 0.571. The predicted octanol–water partition coefficient (Wildman–Crippen LogP) is 2.83. The van der Waals surface area contributed by atoms with Crippen LogP contribution in [0.5, 0.6) is 0 Å². The van der Waals surface area contributed by atoms with Gasteiger partial charge in [-0.25, -0.2) is 0 Å². The molecule has 0 spiro atoms. The summed E-state index contributed by atoms with van der Waals surface area (Å²) in [6.07, 6.45) is 0.227. The number of halogens is 2. The summed E-state index contributed by atoms with van der Waals surface area (Å²) in [5.41, 5.74) is 0.769. The molecule has 32 heavy (non-hydrogen) atoms. The summed E-state index contributed by atoms with van der Waals surface area (Å²) in [6, 6.07) is 4.17. The Morgan fingerprint density at radius 2 is 1.81 bits per heavy atom. The van der Waals surface area contributed by atoms with Gasteiger partial charge in [-0.15, -0.1) is 0 Å². The van der Waals surface area contributed by atoms with Gasteiger partial charge in [-0.3, -0.25) is 9.59 Å². The van der Waals surface area contributed by atoms with Crippen LogP contribution < -0.4 is 10.6 Å². The first kappa shape index (κ1) is 26.4. The molecule has 2 rings (SSSR count). The summed E-state index contributed by atoms with van der Waals surface area (Å²) in [5.74, 6) is -1.33. The first-order valence-corrected chi connectivity index (χ1v) is 11.4. The summed E-state index contributed by atoms with van der Waals surface area (Å²) in [6.45, 7) is 7.84. The second-order valence-corrected chi connectivity index (χ2v) is 9.66. The fourth-order valence-corrected chi connectivity index (χ4v) is 3.81. The van der Waals surface area contributed by atoms with Gasteiger partial charge in [0.1, 0.15) is 0 Å². The molecule has 176 valence electrons. The molecule has 1 aliphatic rings. The van der Waals surface area contributed by atoms with Crippen LogP contribution in [0.15, 0.2) is 23.4 Å². The van der Waals surface area contributed by atoms with Crippen molar-refractivity contribution in [2.75, 3.05) is 0 Å². The van der Waals surface area contributed by atoms with Crippen molar-refractivity contribution in [3.63, 3.8) is 0 Å². The van der Waals surface area contributed by atoms with Crippen molar-refractivity contribution in [1.82, 2.24) is 10.6 Å². The Bertz CT molecular complexity index is 851. The molecule has 1 aromatic carbocycles. The number of benzene rings is 1. The highest BCUT2D eigenvalue weighted by Gasteiger charge is 2.36. The summed E-state index contributed by atoms with van der Waals surface area (Å²) in [4.78, 5) is 30.7. The average Bonchev–Trinajstić information content (AvgIpc) is 3.18. The summed E-state index contributed by atoms with van der Waals surface area (Å²) >= 11 is 12.1. The first-order valence-electron chi connectivity index (χ1n) is 10.6. The second-order valence-electron chi connectivity index (χ2n) is 8.82. The number of carbonyl (C=O) groups is 2. The maximum Gasteiger partial charge on any atom is 0.475 e. The second kappa shape index (κ2) is 11.9. The number of oxime groups is 1. The Labute approximate surface area is 198 Å². The number of rotatable bonds is 10. The molecular formula is C21H30BCl2N3O5. The molecule has 0 radical (unpaired) electrons. The van der Waals surface area contributed by atoms with Gasteiger partial charge in [-0.1, -0.05) is 56.1 Å². The van der Waals surface area contributed by atoms with E-state index in [4.69, 9.17) is 28.0 Å². The van der Waals surface area contributed by atoms with Crippen LogP contribution in [0.25, 0.3) is 0 Å². The largest absolute Gasteiger partial charge is 0.475 e. The molecule has 4 N–H and O–H groups in total. The van der Waals surface area contributed by atoms with Crippen molar-refractivity contribution in [2.45, 2.75) is 65.0 Å². The molecule has 1 unspecified atom stereocenters. The Kier molecular flexibility index (Phi) is 9.82. The molecule has 1 aromatic rings. The molecule has 1 heterocycles. The lowest BCUT2D eigenvalue weighted by Gasteiger charge is -2.22. The minimum atomic E-state index is -1.68. The highest BCUT2D eigenvalue weighted by atomic mass is 35.5. The van der Waals surface area contributed by atoms with E-state index < -0.39 is 37.0 Å². The van der Waals surface area contributed by atoms with Gasteiger partial charge in [0.15, 0.2) is 0 Å². The van der Waals surface area contributed by atoms with E-state index in [1.54, 1.807) is 12.1 Å². The molecule has 3 atom stereocenters. The van der Waals surface area contributed by atoms with E-state index in [0.717, 1.165) is 0 Å². The lowest BCUT2D eigenvalue weighted by atomic mass is 9.75. The van der Waals surface area contributed by atoms with Gasteiger partial charge in [0.05, 0.1) is 28.3 Å². The number of hydrogen-bond donors (Lipinski definition) is 4. The van der Waals surface area contributed by atoms with Crippen molar-refractivity contribution in [3.05, 3.63) is 33.8 Å². The minimum absolute atomic E-state index is 0.155. The van der Waals surface area contributed by atoms with Crippen LogP contribution in [0.2, 0.25) is 10.0 Å². The molecular weight excluding hydrogens is 456 g/mol. The summed E-state index contributed by atoms with van der Waals surface area (Å²) in [7, 11) is -1.68. The predicted molar refractivity (Wildman–Crippen MR) is 126 cm³/mol. The van der Waals surface area contributed by atoms with Crippen LogP contribution in [-0.4, -0.2) is 52.8 Å². The van der Waals surface area contributed by atoms with E-state index in [1.807, 2.05) is 27.7 Å². The molecule has 0 bridgehead atoms. The van der Waals surface area contributed by atoms with E-state index in [0.29, 0.717) is 23.6 Å². The van der Waals surface area contributed by atoms with Crippen LogP contribution >= 0.6 is 23.2 Å². The highest BCUT2D eigenvalue weighted by Crippen LogP contribution is 2.22. The van der Waals surface area contributed by atoms with Crippen LogP contribution in [0.4, 0.5) is 0 Å². The lowest BCUT2D eigenvalue weighted by molar-refractivity contribution is -0.131. The smallest absolute Gasteiger partial charge is 0.426 e. The van der Waals surface area contributed by atoms with Crippen molar-refractivity contribution in [2.24, 2.45) is 17.0 Å². The van der Waals surface area contributed by atoms with E-state index in [2.05, 4.69) is 15.8 Å². The van der Waals surface area contributed by atoms with Crippen molar-refractivity contribution >= 4 is 47.8 Å². The van der Waals surface area contributed by atoms with Gasteiger partial charge in [0.2, 0.25) is 6.10 Å². The standard InChI is InChI=1S/C21H30BCl2N3O5/c1-11(2)7-16(25-20(28)14-9-13(23)5-6-15(14)24)17-10-18(32-27-17)21(29)26-19(22(30)31)8-12(3)4/h5-6,9,11-12,16,18-19,30-31H,7-8,10H2,1-4H3,(H,25,28)(H,26,29)/t16-,18?,19-/m0/s1. The van der Waals surface area contributed by atoms with E-state index in [9.17, 15) is 19.6 Å².